The Bertz CT molecular complexity index is 714. The lowest BCUT2D eigenvalue weighted by atomic mass is 10.1. The Kier molecular flexibility index (Phi) is 5.93. The maximum Gasteiger partial charge on any atom is 0.272 e. The quantitative estimate of drug-likeness (QED) is 0.598. The van der Waals surface area contributed by atoms with E-state index < -0.39 is 0 Å². The summed E-state index contributed by atoms with van der Waals surface area (Å²) in [4.78, 5) is 10.7. The number of rotatable bonds is 7. The van der Waals surface area contributed by atoms with Crippen LogP contribution in [0.5, 0.6) is 5.75 Å². The van der Waals surface area contributed by atoms with Crippen molar-refractivity contribution in [2.45, 2.75) is 46.4 Å². The van der Waals surface area contributed by atoms with Gasteiger partial charge in [-0.05, 0) is 51.0 Å². The number of ether oxygens (including phenoxy) is 1. The van der Waals surface area contributed by atoms with Crippen LogP contribution in [0.25, 0.3) is 0 Å². The van der Waals surface area contributed by atoms with Gasteiger partial charge >= 0.3 is 0 Å². The first-order chi connectivity index (χ1) is 11.4. The van der Waals surface area contributed by atoms with Gasteiger partial charge in [-0.25, -0.2) is 0 Å². The fourth-order valence-electron chi connectivity index (χ4n) is 2.48. The maximum atomic E-state index is 11.0. The summed E-state index contributed by atoms with van der Waals surface area (Å²) in [7, 11) is 0. The summed E-state index contributed by atoms with van der Waals surface area (Å²) in [5.74, 6) is 0.849. The maximum absolute atomic E-state index is 11.0. The van der Waals surface area contributed by atoms with Crippen molar-refractivity contribution >= 4 is 5.69 Å². The Morgan fingerprint density at radius 2 is 1.92 bits per heavy atom. The standard InChI is InChI=1S/C19H24N2O3/c1-13(2)24-18-7-5-6-17(11-18)15(4)20-12-16-9-8-14(3)19(10-16)21(22)23/h5-11,13,15,20H,12H2,1-4H3. The van der Waals surface area contributed by atoms with Crippen LogP contribution < -0.4 is 10.1 Å². The molecular formula is C19H24N2O3. The Morgan fingerprint density at radius 3 is 2.58 bits per heavy atom. The Labute approximate surface area is 142 Å². The number of nitrogens with zero attached hydrogens (tertiary/aromatic N) is 1. The number of nitrogens with one attached hydrogen (secondary N) is 1. The zero-order valence-corrected chi connectivity index (χ0v) is 14.6. The number of benzene rings is 2. The van der Waals surface area contributed by atoms with Crippen molar-refractivity contribution in [3.8, 4) is 5.75 Å². The predicted octanol–water partition coefficient (Wildman–Crippen LogP) is 4.54. The summed E-state index contributed by atoms with van der Waals surface area (Å²) < 4.78 is 5.72. The molecule has 0 saturated heterocycles. The minimum atomic E-state index is -0.338. The van der Waals surface area contributed by atoms with Crippen molar-refractivity contribution in [1.82, 2.24) is 5.32 Å². The molecule has 0 aromatic heterocycles. The van der Waals surface area contributed by atoms with E-state index in [2.05, 4.69) is 12.2 Å². The van der Waals surface area contributed by atoms with Gasteiger partial charge in [0.05, 0.1) is 11.0 Å². The number of aryl methyl sites for hydroxylation is 1. The fraction of sp³-hybridized carbons (Fsp3) is 0.368. The molecule has 0 radical (unpaired) electrons. The lowest BCUT2D eigenvalue weighted by Gasteiger charge is -2.16. The second-order valence-corrected chi connectivity index (χ2v) is 6.22. The molecule has 5 nitrogen and oxygen atoms in total. The average molecular weight is 328 g/mol. The van der Waals surface area contributed by atoms with Crippen molar-refractivity contribution in [2.75, 3.05) is 0 Å². The van der Waals surface area contributed by atoms with Gasteiger partial charge in [-0.15, -0.1) is 0 Å². The molecule has 0 aliphatic carbocycles. The average Bonchev–Trinajstić information content (AvgIpc) is 2.53. The number of nitro benzene ring substituents is 1. The molecule has 0 fully saturated rings. The van der Waals surface area contributed by atoms with E-state index in [9.17, 15) is 10.1 Å². The number of hydrogen-bond acceptors (Lipinski definition) is 4. The van der Waals surface area contributed by atoms with Gasteiger partial charge in [0.25, 0.3) is 5.69 Å². The SMILES string of the molecule is Cc1ccc(CNC(C)c2cccc(OC(C)C)c2)cc1[N+](=O)[O-]. The van der Waals surface area contributed by atoms with E-state index in [1.807, 2.05) is 44.2 Å². The number of hydrogen-bond donors (Lipinski definition) is 1. The Balaban J connectivity index is 2.04. The molecule has 2 aromatic rings. The van der Waals surface area contributed by atoms with Crippen LogP contribution in [-0.2, 0) is 6.54 Å². The summed E-state index contributed by atoms with van der Waals surface area (Å²) in [6.45, 7) is 8.38. The molecule has 1 N–H and O–H groups in total. The van der Waals surface area contributed by atoms with Crippen LogP contribution in [0, 0.1) is 17.0 Å². The molecular weight excluding hydrogens is 304 g/mol. The first kappa shape index (κ1) is 17.9. The van der Waals surface area contributed by atoms with E-state index in [4.69, 9.17) is 4.74 Å². The molecule has 0 heterocycles. The van der Waals surface area contributed by atoms with Gasteiger partial charge in [0, 0.05) is 24.2 Å². The summed E-state index contributed by atoms with van der Waals surface area (Å²) in [6.07, 6.45) is 0.136. The second-order valence-electron chi connectivity index (χ2n) is 6.22. The third-order valence-corrected chi connectivity index (χ3v) is 3.81. The van der Waals surface area contributed by atoms with Gasteiger partial charge in [-0.1, -0.05) is 24.3 Å². The van der Waals surface area contributed by atoms with Crippen LogP contribution in [0.15, 0.2) is 42.5 Å². The highest BCUT2D eigenvalue weighted by Crippen LogP contribution is 2.22. The first-order valence-electron chi connectivity index (χ1n) is 8.10. The van der Waals surface area contributed by atoms with Gasteiger partial charge in [-0.2, -0.15) is 0 Å². The van der Waals surface area contributed by atoms with Crippen LogP contribution in [-0.4, -0.2) is 11.0 Å². The van der Waals surface area contributed by atoms with Gasteiger partial charge in [-0.3, -0.25) is 10.1 Å². The fourth-order valence-corrected chi connectivity index (χ4v) is 2.48. The highest BCUT2D eigenvalue weighted by atomic mass is 16.6. The van der Waals surface area contributed by atoms with E-state index in [1.54, 1.807) is 19.1 Å². The van der Waals surface area contributed by atoms with Crippen molar-refractivity contribution in [1.29, 1.82) is 0 Å². The highest BCUT2D eigenvalue weighted by Gasteiger charge is 2.12. The minimum Gasteiger partial charge on any atom is -0.491 e. The van der Waals surface area contributed by atoms with Crippen LogP contribution in [0.3, 0.4) is 0 Å². The van der Waals surface area contributed by atoms with E-state index >= 15 is 0 Å². The molecule has 0 spiro atoms. The van der Waals surface area contributed by atoms with Gasteiger partial charge < -0.3 is 10.1 Å². The smallest absolute Gasteiger partial charge is 0.272 e. The van der Waals surface area contributed by atoms with E-state index in [-0.39, 0.29) is 22.8 Å². The molecule has 0 aliphatic rings. The molecule has 2 aromatic carbocycles. The molecule has 0 bridgehead atoms. The lowest BCUT2D eigenvalue weighted by Crippen LogP contribution is -2.18. The van der Waals surface area contributed by atoms with Gasteiger partial charge in [0.2, 0.25) is 0 Å². The van der Waals surface area contributed by atoms with E-state index in [0.717, 1.165) is 16.9 Å². The lowest BCUT2D eigenvalue weighted by molar-refractivity contribution is -0.385. The van der Waals surface area contributed by atoms with Crippen molar-refractivity contribution in [3.05, 3.63) is 69.3 Å². The molecule has 128 valence electrons. The molecule has 5 heteroatoms. The highest BCUT2D eigenvalue weighted by molar-refractivity contribution is 5.42. The molecule has 1 unspecified atom stereocenters. The molecule has 0 saturated carbocycles. The zero-order chi connectivity index (χ0) is 17.7. The summed E-state index contributed by atoms with van der Waals surface area (Å²) >= 11 is 0. The predicted molar refractivity (Wildman–Crippen MR) is 95.3 cm³/mol. The van der Waals surface area contributed by atoms with Gasteiger partial charge in [0.1, 0.15) is 5.75 Å². The van der Waals surface area contributed by atoms with Gasteiger partial charge in [0.15, 0.2) is 0 Å². The minimum absolute atomic E-state index is 0.112. The van der Waals surface area contributed by atoms with E-state index in [0.29, 0.717) is 12.1 Å². The largest absolute Gasteiger partial charge is 0.491 e. The molecule has 24 heavy (non-hydrogen) atoms. The van der Waals surface area contributed by atoms with E-state index in [1.165, 1.54) is 0 Å². The monoisotopic (exact) mass is 328 g/mol. The normalized spacial score (nSPS) is 12.2. The third kappa shape index (κ3) is 4.80. The van der Waals surface area contributed by atoms with Crippen molar-refractivity contribution < 1.29 is 9.66 Å². The molecule has 1 atom stereocenters. The second kappa shape index (κ2) is 7.93. The van der Waals surface area contributed by atoms with Crippen LogP contribution in [0.1, 0.15) is 43.5 Å². The first-order valence-corrected chi connectivity index (χ1v) is 8.10. The summed E-state index contributed by atoms with van der Waals surface area (Å²) in [5.41, 5.74) is 2.85. The molecule has 2 rings (SSSR count). The van der Waals surface area contributed by atoms with Crippen molar-refractivity contribution in [2.24, 2.45) is 0 Å². The topological polar surface area (TPSA) is 64.4 Å². The van der Waals surface area contributed by atoms with Crippen LogP contribution >= 0.6 is 0 Å². The van der Waals surface area contributed by atoms with Crippen molar-refractivity contribution in [3.63, 3.8) is 0 Å². The molecule has 0 amide bonds. The third-order valence-electron chi connectivity index (χ3n) is 3.81. The summed E-state index contributed by atoms with van der Waals surface area (Å²) in [5, 5.41) is 14.4. The Hall–Kier alpha value is -2.40. The number of nitro groups is 1. The molecule has 0 aliphatic heterocycles. The summed E-state index contributed by atoms with van der Waals surface area (Å²) in [6, 6.07) is 13.4. The Morgan fingerprint density at radius 1 is 1.17 bits per heavy atom. The van der Waals surface area contributed by atoms with Crippen LogP contribution in [0.4, 0.5) is 5.69 Å². The zero-order valence-electron chi connectivity index (χ0n) is 14.6. The van der Waals surface area contributed by atoms with Crippen LogP contribution in [0.2, 0.25) is 0 Å².